The van der Waals surface area contributed by atoms with Crippen LogP contribution < -0.4 is 0 Å². The van der Waals surface area contributed by atoms with Crippen molar-refractivity contribution in [3.05, 3.63) is 71.3 Å². The molecular formula is C18H14N2O3. The molecule has 5 nitrogen and oxygen atoms in total. The molecule has 114 valence electrons. The Morgan fingerprint density at radius 3 is 1.91 bits per heavy atom. The average Bonchev–Trinajstić information content (AvgIpc) is 3.25. The van der Waals surface area contributed by atoms with Crippen molar-refractivity contribution in [2.24, 2.45) is 0 Å². The zero-order valence-electron chi connectivity index (χ0n) is 12.5. The first-order valence-corrected chi connectivity index (χ1v) is 7.42. The Labute approximate surface area is 133 Å². The number of imide groups is 1. The number of carbonyl (C=O) groups excluding carboxylic acids is 3. The van der Waals surface area contributed by atoms with Gasteiger partial charge in [0.1, 0.15) is 6.04 Å². The molecule has 2 amide bonds. The number of Topliss-reactive ketones (excluding diaryl/α,β-unsaturated/α-hetero) is 1. The Morgan fingerprint density at radius 2 is 1.39 bits per heavy atom. The second-order valence-corrected chi connectivity index (χ2v) is 5.76. The zero-order valence-corrected chi connectivity index (χ0v) is 12.5. The van der Waals surface area contributed by atoms with Crippen molar-refractivity contribution >= 4 is 17.6 Å². The summed E-state index contributed by atoms with van der Waals surface area (Å²) in [5.41, 5.74) is 1.70. The van der Waals surface area contributed by atoms with E-state index in [0.29, 0.717) is 11.1 Å². The first-order chi connectivity index (χ1) is 11.1. The molecular weight excluding hydrogens is 292 g/mol. The lowest BCUT2D eigenvalue weighted by atomic mass is 10.1. The van der Waals surface area contributed by atoms with Gasteiger partial charge in [0, 0.05) is 0 Å². The summed E-state index contributed by atoms with van der Waals surface area (Å²) >= 11 is 0. The SMILES string of the molecule is CC(=O)[C@H]1[C@H](c2ccccc2)N1N1C(=O)c2ccccc2C1=O. The molecule has 0 radical (unpaired) electrons. The fourth-order valence-electron chi connectivity index (χ4n) is 3.25. The quantitative estimate of drug-likeness (QED) is 0.644. The van der Waals surface area contributed by atoms with Crippen LogP contribution in [0.1, 0.15) is 39.2 Å². The molecule has 0 aliphatic carbocycles. The maximum absolute atomic E-state index is 12.6. The predicted molar refractivity (Wildman–Crippen MR) is 82.4 cm³/mol. The minimum absolute atomic E-state index is 0.0598. The summed E-state index contributed by atoms with van der Waals surface area (Å²) in [5, 5.41) is 2.71. The van der Waals surface area contributed by atoms with Crippen LogP contribution in [0.4, 0.5) is 0 Å². The van der Waals surface area contributed by atoms with Crippen LogP contribution >= 0.6 is 0 Å². The van der Waals surface area contributed by atoms with E-state index in [9.17, 15) is 14.4 Å². The lowest BCUT2D eigenvalue weighted by molar-refractivity contribution is -0.117. The molecule has 2 aromatic rings. The number of rotatable bonds is 3. The third-order valence-electron chi connectivity index (χ3n) is 4.34. The molecule has 2 heterocycles. The van der Waals surface area contributed by atoms with Gasteiger partial charge in [-0.25, -0.2) is 5.01 Å². The highest BCUT2D eigenvalue weighted by Crippen LogP contribution is 2.47. The molecule has 2 aromatic carbocycles. The van der Waals surface area contributed by atoms with Gasteiger partial charge < -0.3 is 0 Å². The van der Waals surface area contributed by atoms with Crippen LogP contribution in [0.15, 0.2) is 54.6 Å². The standard InChI is InChI=1S/C18H14N2O3/c1-11(21)15-16(12-7-3-2-4-8-12)19(15)20-17(22)13-9-5-6-10-14(13)18(20)23/h2-10,15-16H,1H3/t15-,16-,19?/m0/s1. The van der Waals surface area contributed by atoms with E-state index >= 15 is 0 Å². The summed E-state index contributed by atoms with van der Waals surface area (Å²) < 4.78 is 0. The van der Waals surface area contributed by atoms with Crippen LogP contribution in [0.3, 0.4) is 0 Å². The minimum Gasteiger partial charge on any atom is -0.298 e. The lowest BCUT2D eigenvalue weighted by Crippen LogP contribution is -2.37. The fraction of sp³-hybridized carbons (Fsp3) is 0.167. The molecule has 2 aliphatic rings. The van der Waals surface area contributed by atoms with E-state index in [4.69, 9.17) is 0 Å². The van der Waals surface area contributed by atoms with Crippen molar-refractivity contribution in [1.82, 2.24) is 10.0 Å². The summed E-state index contributed by atoms with van der Waals surface area (Å²) in [6, 6.07) is 15.4. The van der Waals surface area contributed by atoms with Gasteiger partial charge in [-0.1, -0.05) is 42.5 Å². The third kappa shape index (κ3) is 1.94. The van der Waals surface area contributed by atoms with Crippen LogP contribution in [-0.2, 0) is 4.79 Å². The maximum atomic E-state index is 12.6. The van der Waals surface area contributed by atoms with Gasteiger partial charge in [-0.2, -0.15) is 5.01 Å². The molecule has 0 aromatic heterocycles. The van der Waals surface area contributed by atoms with Crippen molar-refractivity contribution in [2.45, 2.75) is 19.0 Å². The fourth-order valence-corrected chi connectivity index (χ4v) is 3.25. The molecule has 1 unspecified atom stereocenters. The van der Waals surface area contributed by atoms with Gasteiger partial charge in [0.15, 0.2) is 5.78 Å². The third-order valence-corrected chi connectivity index (χ3v) is 4.34. The largest absolute Gasteiger partial charge is 0.298 e. The Bertz CT molecular complexity index is 796. The highest BCUT2D eigenvalue weighted by molar-refractivity contribution is 6.21. The van der Waals surface area contributed by atoms with Crippen molar-refractivity contribution in [1.29, 1.82) is 0 Å². The van der Waals surface area contributed by atoms with E-state index in [1.807, 2.05) is 30.3 Å². The van der Waals surface area contributed by atoms with Crippen LogP contribution in [-0.4, -0.2) is 33.7 Å². The first kappa shape index (κ1) is 13.8. The monoisotopic (exact) mass is 306 g/mol. The first-order valence-electron chi connectivity index (χ1n) is 7.42. The highest BCUT2D eigenvalue weighted by atomic mass is 16.2. The van der Waals surface area contributed by atoms with Gasteiger partial charge >= 0.3 is 0 Å². The van der Waals surface area contributed by atoms with Gasteiger partial charge in [-0.3, -0.25) is 14.4 Å². The van der Waals surface area contributed by atoms with E-state index in [1.165, 1.54) is 6.92 Å². The highest BCUT2D eigenvalue weighted by Gasteiger charge is 2.59. The minimum atomic E-state index is -0.473. The summed E-state index contributed by atoms with van der Waals surface area (Å²) in [7, 11) is 0. The number of hydrogen-bond donors (Lipinski definition) is 0. The zero-order chi connectivity index (χ0) is 16.1. The number of hydrazine groups is 1. The van der Waals surface area contributed by atoms with Gasteiger partial charge in [0.05, 0.1) is 17.2 Å². The molecule has 5 heteroatoms. The normalized spacial score (nSPS) is 25.4. The topological polar surface area (TPSA) is 57.5 Å². The Kier molecular flexibility index (Phi) is 2.92. The molecule has 4 rings (SSSR count). The number of nitrogens with zero attached hydrogens (tertiary/aromatic N) is 2. The predicted octanol–water partition coefficient (Wildman–Crippen LogP) is 2.21. The van der Waals surface area contributed by atoms with E-state index < -0.39 is 6.04 Å². The second-order valence-electron chi connectivity index (χ2n) is 5.76. The number of fused-ring (bicyclic) bond motifs is 1. The number of ketones is 1. The lowest BCUT2D eigenvalue weighted by Gasteiger charge is -2.16. The molecule has 1 fully saturated rings. The molecule has 3 atom stereocenters. The Balaban J connectivity index is 1.72. The van der Waals surface area contributed by atoms with Crippen molar-refractivity contribution in [3.8, 4) is 0 Å². The molecule has 1 saturated heterocycles. The van der Waals surface area contributed by atoms with Crippen molar-refractivity contribution in [2.75, 3.05) is 0 Å². The smallest absolute Gasteiger partial charge is 0.276 e. The molecule has 0 bridgehead atoms. The van der Waals surface area contributed by atoms with Crippen LogP contribution in [0, 0.1) is 0 Å². The van der Waals surface area contributed by atoms with Crippen molar-refractivity contribution in [3.63, 3.8) is 0 Å². The summed E-state index contributed by atoms with van der Waals surface area (Å²) in [5.74, 6) is -0.791. The molecule has 0 N–H and O–H groups in total. The Hall–Kier alpha value is -2.79. The number of benzene rings is 2. The number of amides is 2. The van der Waals surface area contributed by atoms with Crippen LogP contribution in [0.2, 0.25) is 0 Å². The van der Waals surface area contributed by atoms with Gasteiger partial charge in [0.25, 0.3) is 11.8 Å². The summed E-state index contributed by atoms with van der Waals surface area (Å²) in [4.78, 5) is 37.1. The van der Waals surface area contributed by atoms with Gasteiger partial charge in [-0.05, 0) is 24.6 Å². The average molecular weight is 306 g/mol. The van der Waals surface area contributed by atoms with Crippen molar-refractivity contribution < 1.29 is 14.4 Å². The number of hydrogen-bond acceptors (Lipinski definition) is 4. The van der Waals surface area contributed by atoms with Crippen LogP contribution in [0.25, 0.3) is 0 Å². The second kappa shape index (κ2) is 4.86. The van der Waals surface area contributed by atoms with E-state index in [2.05, 4.69) is 0 Å². The molecule has 0 saturated carbocycles. The molecule has 23 heavy (non-hydrogen) atoms. The summed E-state index contributed by atoms with van der Waals surface area (Å²) in [6.07, 6.45) is 0. The van der Waals surface area contributed by atoms with Gasteiger partial charge in [-0.15, -0.1) is 0 Å². The maximum Gasteiger partial charge on any atom is 0.276 e. The molecule has 0 spiro atoms. The van der Waals surface area contributed by atoms with E-state index in [1.54, 1.807) is 29.3 Å². The van der Waals surface area contributed by atoms with Gasteiger partial charge in [0.2, 0.25) is 0 Å². The Morgan fingerprint density at radius 1 is 0.870 bits per heavy atom. The molecule has 2 aliphatic heterocycles. The number of carbonyl (C=O) groups is 3. The summed E-state index contributed by atoms with van der Waals surface area (Å²) in [6.45, 7) is 1.48. The van der Waals surface area contributed by atoms with E-state index in [-0.39, 0.29) is 23.6 Å². The van der Waals surface area contributed by atoms with E-state index in [0.717, 1.165) is 10.6 Å². The van der Waals surface area contributed by atoms with Crippen LogP contribution in [0.5, 0.6) is 0 Å².